The lowest BCUT2D eigenvalue weighted by molar-refractivity contribution is -0.174. The van der Waals surface area contributed by atoms with Crippen molar-refractivity contribution in [2.24, 2.45) is 29.1 Å². The lowest BCUT2D eigenvalue weighted by Crippen LogP contribution is -2.62. The Hall–Kier alpha value is -2.74. The van der Waals surface area contributed by atoms with Crippen LogP contribution >= 0.6 is 0 Å². The minimum atomic E-state index is -0.685. The van der Waals surface area contributed by atoms with E-state index in [-0.39, 0.29) is 29.9 Å². The summed E-state index contributed by atoms with van der Waals surface area (Å²) in [6, 6.07) is 15.2. The molecule has 4 aliphatic rings. The second-order valence-electron chi connectivity index (χ2n) is 12.6. The first-order chi connectivity index (χ1) is 18.5. The van der Waals surface area contributed by atoms with Crippen LogP contribution in [0.25, 0.3) is 11.1 Å². The minimum Gasteiger partial charge on any atom is -0.393 e. The van der Waals surface area contributed by atoms with E-state index in [0.29, 0.717) is 35.3 Å². The van der Waals surface area contributed by atoms with Gasteiger partial charge >= 0.3 is 0 Å². The summed E-state index contributed by atoms with van der Waals surface area (Å²) in [6.07, 6.45) is 1.30. The molecule has 1 saturated heterocycles. The Labute approximate surface area is 232 Å². The summed E-state index contributed by atoms with van der Waals surface area (Å²) < 4.78 is 0. The van der Waals surface area contributed by atoms with Gasteiger partial charge in [-0.2, -0.15) is 5.06 Å². The van der Waals surface area contributed by atoms with Gasteiger partial charge in [-0.1, -0.05) is 51.1 Å². The van der Waals surface area contributed by atoms with Crippen LogP contribution in [0, 0.1) is 29.1 Å². The minimum absolute atomic E-state index is 0.0596. The van der Waals surface area contributed by atoms with Gasteiger partial charge < -0.3 is 15.7 Å². The molecule has 210 valence electrons. The summed E-state index contributed by atoms with van der Waals surface area (Å²) in [5.41, 5.74) is 3.87. The van der Waals surface area contributed by atoms with Gasteiger partial charge in [0.1, 0.15) is 6.04 Å². The number of benzene rings is 2. The van der Waals surface area contributed by atoms with Gasteiger partial charge in [0.05, 0.1) is 18.8 Å². The Morgan fingerprint density at radius 3 is 2.44 bits per heavy atom. The summed E-state index contributed by atoms with van der Waals surface area (Å²) in [6.45, 7) is 11.1. The SMILES string of the molecule is CNC(=O)c1cccc(-c2cccc(CN3O[C@@H](C)[C@@H]([C@H](C)O)[C@H]3C(=O)N[C@H]3C[C@H]4C[C@@H]([C@@H]3C)C4(C)C)c2)c1. The van der Waals surface area contributed by atoms with Gasteiger partial charge in [-0.3, -0.25) is 14.4 Å². The monoisotopic (exact) mass is 533 g/mol. The standard InChI is InChI=1S/C32H43N3O4/c1-18-26-15-25(32(26,4)5)16-27(18)34-31(38)29-28(19(2)36)20(3)39-35(29)17-21-9-7-10-22(13-21)23-11-8-12-24(14-23)30(37)33-6/h7-14,18-20,25-29,36H,15-17H2,1-6H3,(H,33,37)(H,34,38)/t18-,19-,20-,25+,26-,27-,28+,29-/m0/s1. The molecule has 3 N–H and O–H groups in total. The Bertz CT molecular complexity index is 1230. The number of rotatable bonds is 7. The maximum atomic E-state index is 13.8. The zero-order valence-electron chi connectivity index (χ0n) is 24.0. The smallest absolute Gasteiger partial charge is 0.251 e. The van der Waals surface area contributed by atoms with E-state index in [4.69, 9.17) is 4.84 Å². The molecule has 2 aromatic rings. The number of hydrogen-bond donors (Lipinski definition) is 3. The van der Waals surface area contributed by atoms with Crippen LogP contribution in [0.2, 0.25) is 0 Å². The molecular formula is C32H43N3O4. The van der Waals surface area contributed by atoms with Crippen molar-refractivity contribution in [3.63, 3.8) is 0 Å². The second kappa shape index (κ2) is 10.7. The fourth-order valence-electron chi connectivity index (χ4n) is 7.52. The zero-order valence-corrected chi connectivity index (χ0v) is 24.0. The molecule has 3 aliphatic carbocycles. The Morgan fingerprint density at radius 1 is 1.10 bits per heavy atom. The van der Waals surface area contributed by atoms with Gasteiger partial charge in [-0.05, 0) is 84.7 Å². The molecule has 2 amide bonds. The summed E-state index contributed by atoms with van der Waals surface area (Å²) >= 11 is 0. The van der Waals surface area contributed by atoms with E-state index in [1.54, 1.807) is 25.1 Å². The average molecular weight is 534 g/mol. The van der Waals surface area contributed by atoms with Crippen molar-refractivity contribution in [3.05, 3.63) is 59.7 Å². The maximum Gasteiger partial charge on any atom is 0.251 e. The third-order valence-corrected chi connectivity index (χ3v) is 9.98. The van der Waals surface area contributed by atoms with E-state index < -0.39 is 12.1 Å². The third-order valence-electron chi connectivity index (χ3n) is 9.98. The van der Waals surface area contributed by atoms with Crippen molar-refractivity contribution in [2.75, 3.05) is 7.05 Å². The van der Waals surface area contributed by atoms with Gasteiger partial charge in [0.15, 0.2) is 0 Å². The van der Waals surface area contributed by atoms with Crippen molar-refractivity contribution >= 4 is 11.8 Å². The highest BCUT2D eigenvalue weighted by Gasteiger charge is 2.57. The maximum absolute atomic E-state index is 13.8. The van der Waals surface area contributed by atoms with Gasteiger partial charge in [-0.15, -0.1) is 0 Å². The number of hydrogen-bond acceptors (Lipinski definition) is 5. The number of carbonyl (C=O) groups is 2. The normalized spacial score (nSPS) is 32.2. The van der Waals surface area contributed by atoms with E-state index in [0.717, 1.165) is 23.1 Å². The Kier molecular flexibility index (Phi) is 7.61. The molecule has 7 nitrogen and oxygen atoms in total. The van der Waals surface area contributed by atoms with Crippen molar-refractivity contribution in [1.29, 1.82) is 0 Å². The highest BCUT2D eigenvalue weighted by atomic mass is 16.7. The van der Waals surface area contributed by atoms with Gasteiger partial charge in [0.25, 0.3) is 5.91 Å². The number of carbonyl (C=O) groups excluding carboxylic acids is 2. The van der Waals surface area contributed by atoms with Crippen molar-refractivity contribution < 1.29 is 19.5 Å². The summed E-state index contributed by atoms with van der Waals surface area (Å²) in [7, 11) is 1.62. The summed E-state index contributed by atoms with van der Waals surface area (Å²) in [5.74, 6) is 1.19. The van der Waals surface area contributed by atoms with Crippen LogP contribution in [0.15, 0.2) is 48.5 Å². The highest BCUT2D eigenvalue weighted by Crippen LogP contribution is 2.61. The van der Waals surface area contributed by atoms with Gasteiger partial charge in [-0.25, -0.2) is 0 Å². The number of nitrogens with one attached hydrogen (secondary N) is 2. The van der Waals surface area contributed by atoms with Crippen LogP contribution in [-0.4, -0.2) is 53.3 Å². The zero-order chi connectivity index (χ0) is 28.1. The molecule has 4 fully saturated rings. The first-order valence-electron chi connectivity index (χ1n) is 14.3. The van der Waals surface area contributed by atoms with E-state index in [9.17, 15) is 14.7 Å². The fourth-order valence-corrected chi connectivity index (χ4v) is 7.52. The molecule has 0 radical (unpaired) electrons. The van der Waals surface area contributed by atoms with Crippen molar-refractivity contribution in [2.45, 2.75) is 78.3 Å². The molecule has 39 heavy (non-hydrogen) atoms. The molecule has 2 aromatic carbocycles. The first-order valence-corrected chi connectivity index (χ1v) is 14.3. The van der Waals surface area contributed by atoms with E-state index >= 15 is 0 Å². The number of amides is 2. The molecule has 7 heteroatoms. The number of aliphatic hydroxyl groups excluding tert-OH is 1. The second-order valence-corrected chi connectivity index (χ2v) is 12.6. The van der Waals surface area contributed by atoms with Crippen LogP contribution in [0.1, 0.15) is 63.4 Å². The number of fused-ring (bicyclic) bond motifs is 2. The molecule has 0 aromatic heterocycles. The first kappa shape index (κ1) is 27.8. The van der Waals surface area contributed by atoms with Crippen molar-refractivity contribution in [3.8, 4) is 11.1 Å². The molecule has 6 rings (SSSR count). The number of aliphatic hydroxyl groups is 1. The lowest BCUT2D eigenvalue weighted by atomic mass is 9.45. The van der Waals surface area contributed by atoms with E-state index in [1.807, 2.05) is 43.3 Å². The topological polar surface area (TPSA) is 90.9 Å². The quantitative estimate of drug-likeness (QED) is 0.491. The van der Waals surface area contributed by atoms with Crippen LogP contribution in [0.4, 0.5) is 0 Å². The summed E-state index contributed by atoms with van der Waals surface area (Å²) in [5, 5.41) is 18.5. The summed E-state index contributed by atoms with van der Waals surface area (Å²) in [4.78, 5) is 32.2. The molecule has 0 unspecified atom stereocenters. The van der Waals surface area contributed by atoms with Crippen LogP contribution in [0.5, 0.6) is 0 Å². The van der Waals surface area contributed by atoms with Gasteiger partial charge in [0, 0.05) is 24.6 Å². The lowest BCUT2D eigenvalue weighted by Gasteiger charge is -2.62. The molecule has 8 atom stereocenters. The third kappa shape index (κ3) is 5.12. The van der Waals surface area contributed by atoms with Crippen LogP contribution < -0.4 is 10.6 Å². The van der Waals surface area contributed by atoms with Crippen LogP contribution in [0.3, 0.4) is 0 Å². The molecule has 1 heterocycles. The number of hydroxylamine groups is 2. The predicted octanol–water partition coefficient (Wildman–Crippen LogP) is 4.40. The Morgan fingerprint density at radius 2 is 1.79 bits per heavy atom. The fraction of sp³-hybridized carbons (Fsp3) is 0.562. The largest absolute Gasteiger partial charge is 0.393 e. The van der Waals surface area contributed by atoms with Gasteiger partial charge in [0.2, 0.25) is 5.91 Å². The number of nitrogens with zero attached hydrogens (tertiary/aromatic N) is 1. The molecular weight excluding hydrogens is 490 g/mol. The predicted molar refractivity (Wildman–Crippen MR) is 151 cm³/mol. The molecule has 2 bridgehead atoms. The molecule has 3 saturated carbocycles. The average Bonchev–Trinajstić information content (AvgIpc) is 3.24. The van der Waals surface area contributed by atoms with Crippen LogP contribution in [-0.2, 0) is 16.2 Å². The molecule has 1 aliphatic heterocycles. The van der Waals surface area contributed by atoms with E-state index in [2.05, 4.69) is 37.5 Å². The molecule has 0 spiro atoms. The van der Waals surface area contributed by atoms with E-state index in [1.165, 1.54) is 6.42 Å². The Balaban J connectivity index is 1.35. The highest BCUT2D eigenvalue weighted by molar-refractivity contribution is 5.95. The van der Waals surface area contributed by atoms with Crippen molar-refractivity contribution in [1.82, 2.24) is 15.7 Å².